The Morgan fingerprint density at radius 2 is 2.07 bits per heavy atom. The molecule has 1 rings (SSSR count). The third kappa shape index (κ3) is 4.39. The molecule has 0 bridgehead atoms. The van der Waals surface area contributed by atoms with E-state index in [9.17, 15) is 4.79 Å². The van der Waals surface area contributed by atoms with Crippen molar-refractivity contribution in [2.24, 2.45) is 0 Å². The maximum absolute atomic E-state index is 11.3. The summed E-state index contributed by atoms with van der Waals surface area (Å²) in [6.45, 7) is 7.23. The van der Waals surface area contributed by atoms with Crippen LogP contribution in [0.25, 0.3) is 0 Å². The second-order valence-corrected chi connectivity index (χ2v) is 4.17. The van der Waals surface area contributed by atoms with Crippen molar-refractivity contribution in [2.45, 2.75) is 33.3 Å². The Labute approximate surface area is 88.9 Å². The van der Waals surface area contributed by atoms with E-state index in [1.165, 1.54) is 6.33 Å². The van der Waals surface area contributed by atoms with E-state index >= 15 is 0 Å². The molecule has 1 aromatic rings. The Morgan fingerprint density at radius 1 is 1.40 bits per heavy atom. The van der Waals surface area contributed by atoms with Crippen LogP contribution in [0.15, 0.2) is 12.4 Å². The smallest absolute Gasteiger partial charge is 0.413 e. The van der Waals surface area contributed by atoms with E-state index in [1.807, 2.05) is 6.92 Å². The third-order valence-corrected chi connectivity index (χ3v) is 1.43. The molecule has 0 saturated heterocycles. The summed E-state index contributed by atoms with van der Waals surface area (Å²) in [7, 11) is 0. The number of hydrogen-bond donors (Lipinski definition) is 1. The minimum atomic E-state index is -0.513. The molecule has 82 valence electrons. The molecule has 0 aliphatic carbocycles. The lowest BCUT2D eigenvalue weighted by molar-refractivity contribution is 0.0635. The number of amides is 1. The highest BCUT2D eigenvalue weighted by atomic mass is 16.6. The summed E-state index contributed by atoms with van der Waals surface area (Å²) in [5, 5.41) is 2.53. The van der Waals surface area contributed by atoms with E-state index in [2.05, 4.69) is 15.3 Å². The Bertz CT molecular complexity index is 358. The zero-order valence-corrected chi connectivity index (χ0v) is 9.37. The molecule has 1 amide bonds. The number of ether oxygens (including phenoxy) is 1. The summed E-state index contributed by atoms with van der Waals surface area (Å²) in [6, 6.07) is 1.67. The van der Waals surface area contributed by atoms with E-state index < -0.39 is 11.7 Å². The van der Waals surface area contributed by atoms with Crippen LogP contribution in [0, 0.1) is 6.92 Å². The first-order valence-electron chi connectivity index (χ1n) is 4.65. The fourth-order valence-corrected chi connectivity index (χ4v) is 0.931. The topological polar surface area (TPSA) is 64.1 Å². The molecule has 0 unspecified atom stereocenters. The minimum absolute atomic E-state index is 0.441. The first kappa shape index (κ1) is 11.4. The minimum Gasteiger partial charge on any atom is -0.444 e. The van der Waals surface area contributed by atoms with Gasteiger partial charge in [-0.05, 0) is 27.7 Å². The number of rotatable bonds is 1. The molecule has 0 atom stereocenters. The van der Waals surface area contributed by atoms with Gasteiger partial charge in [0.05, 0.1) is 0 Å². The Kier molecular flexibility index (Phi) is 3.24. The molecular weight excluding hydrogens is 194 g/mol. The summed E-state index contributed by atoms with van der Waals surface area (Å²) in [6.07, 6.45) is 0.878. The van der Waals surface area contributed by atoms with Crippen molar-refractivity contribution in [1.82, 2.24) is 9.97 Å². The number of carbonyl (C=O) groups excluding carboxylic acids is 1. The predicted molar refractivity (Wildman–Crippen MR) is 56.6 cm³/mol. The van der Waals surface area contributed by atoms with Crippen LogP contribution in [-0.2, 0) is 4.74 Å². The van der Waals surface area contributed by atoms with E-state index in [1.54, 1.807) is 26.8 Å². The second-order valence-electron chi connectivity index (χ2n) is 4.17. The van der Waals surface area contributed by atoms with Gasteiger partial charge in [-0.2, -0.15) is 0 Å². The van der Waals surface area contributed by atoms with Crippen molar-refractivity contribution >= 4 is 11.9 Å². The highest BCUT2D eigenvalue weighted by Crippen LogP contribution is 2.09. The zero-order valence-electron chi connectivity index (χ0n) is 9.37. The molecule has 0 aliphatic heterocycles. The van der Waals surface area contributed by atoms with Gasteiger partial charge in [0.1, 0.15) is 17.7 Å². The maximum atomic E-state index is 11.3. The molecule has 0 fully saturated rings. The average molecular weight is 209 g/mol. The maximum Gasteiger partial charge on any atom is 0.413 e. The van der Waals surface area contributed by atoms with Gasteiger partial charge in [-0.25, -0.2) is 14.8 Å². The lowest BCUT2D eigenvalue weighted by Gasteiger charge is -2.19. The van der Waals surface area contributed by atoms with Crippen LogP contribution in [0.4, 0.5) is 10.6 Å². The molecule has 1 heterocycles. The van der Waals surface area contributed by atoms with E-state index in [4.69, 9.17) is 4.74 Å². The number of nitrogens with one attached hydrogen (secondary N) is 1. The van der Waals surface area contributed by atoms with Crippen molar-refractivity contribution in [3.8, 4) is 0 Å². The quantitative estimate of drug-likeness (QED) is 0.769. The highest BCUT2D eigenvalue weighted by molar-refractivity contribution is 5.83. The largest absolute Gasteiger partial charge is 0.444 e. The summed E-state index contributed by atoms with van der Waals surface area (Å²) < 4.78 is 5.07. The molecule has 0 radical (unpaired) electrons. The molecule has 1 N–H and O–H groups in total. The average Bonchev–Trinajstić information content (AvgIpc) is 1.99. The van der Waals surface area contributed by atoms with Crippen LogP contribution < -0.4 is 5.32 Å². The lowest BCUT2D eigenvalue weighted by Crippen LogP contribution is -2.27. The van der Waals surface area contributed by atoms with Crippen molar-refractivity contribution in [1.29, 1.82) is 0 Å². The van der Waals surface area contributed by atoms with Gasteiger partial charge in [-0.1, -0.05) is 0 Å². The molecule has 15 heavy (non-hydrogen) atoms. The molecule has 0 saturated carbocycles. The lowest BCUT2D eigenvalue weighted by atomic mass is 10.2. The number of anilines is 1. The van der Waals surface area contributed by atoms with Gasteiger partial charge >= 0.3 is 6.09 Å². The molecule has 5 heteroatoms. The van der Waals surface area contributed by atoms with Crippen LogP contribution in [0.1, 0.15) is 26.5 Å². The molecular formula is C10H15N3O2. The molecule has 0 spiro atoms. The predicted octanol–water partition coefficient (Wildman–Crippen LogP) is 2.13. The van der Waals surface area contributed by atoms with Gasteiger partial charge < -0.3 is 4.74 Å². The van der Waals surface area contributed by atoms with Gasteiger partial charge in [0.2, 0.25) is 0 Å². The summed E-state index contributed by atoms with van der Waals surface area (Å²) in [5.74, 6) is 0.441. The zero-order chi connectivity index (χ0) is 11.5. The fourth-order valence-electron chi connectivity index (χ4n) is 0.931. The Morgan fingerprint density at radius 3 is 2.60 bits per heavy atom. The van der Waals surface area contributed by atoms with Crippen molar-refractivity contribution in [3.05, 3.63) is 18.1 Å². The number of aromatic nitrogens is 2. The normalized spacial score (nSPS) is 10.9. The third-order valence-electron chi connectivity index (χ3n) is 1.43. The number of carbonyl (C=O) groups is 1. The van der Waals surface area contributed by atoms with Crippen LogP contribution in [0.2, 0.25) is 0 Å². The SMILES string of the molecule is Cc1cc(NC(=O)OC(C)(C)C)ncn1. The van der Waals surface area contributed by atoms with Gasteiger partial charge in [0, 0.05) is 11.8 Å². The summed E-state index contributed by atoms with van der Waals surface area (Å²) in [4.78, 5) is 19.2. The van der Waals surface area contributed by atoms with Crippen LogP contribution >= 0.6 is 0 Å². The summed E-state index contributed by atoms with van der Waals surface area (Å²) in [5.41, 5.74) is 0.280. The van der Waals surface area contributed by atoms with Crippen LogP contribution in [0.5, 0.6) is 0 Å². The van der Waals surface area contributed by atoms with E-state index in [-0.39, 0.29) is 0 Å². The second kappa shape index (κ2) is 4.25. The summed E-state index contributed by atoms with van der Waals surface area (Å²) >= 11 is 0. The van der Waals surface area contributed by atoms with Gasteiger partial charge in [-0.3, -0.25) is 5.32 Å². The number of nitrogens with zero attached hydrogens (tertiary/aromatic N) is 2. The van der Waals surface area contributed by atoms with Crippen molar-refractivity contribution in [3.63, 3.8) is 0 Å². The first-order valence-corrected chi connectivity index (χ1v) is 4.65. The first-order chi connectivity index (χ1) is 6.87. The number of aryl methyl sites for hydroxylation is 1. The fraction of sp³-hybridized carbons (Fsp3) is 0.500. The van der Waals surface area contributed by atoms with Gasteiger partial charge in [-0.15, -0.1) is 0 Å². The van der Waals surface area contributed by atoms with E-state index in [0.29, 0.717) is 5.82 Å². The standard InChI is InChI=1S/C10H15N3O2/c1-7-5-8(12-6-11-7)13-9(14)15-10(2,3)4/h5-6H,1-4H3,(H,11,12,13,14). The number of hydrogen-bond acceptors (Lipinski definition) is 4. The Hall–Kier alpha value is -1.65. The Balaban J connectivity index is 2.59. The van der Waals surface area contributed by atoms with Crippen molar-refractivity contribution < 1.29 is 9.53 Å². The monoisotopic (exact) mass is 209 g/mol. The van der Waals surface area contributed by atoms with Gasteiger partial charge in [0.15, 0.2) is 0 Å². The molecule has 5 nitrogen and oxygen atoms in total. The van der Waals surface area contributed by atoms with E-state index in [0.717, 1.165) is 5.69 Å². The molecule has 0 aliphatic rings. The van der Waals surface area contributed by atoms with Gasteiger partial charge in [0.25, 0.3) is 0 Å². The van der Waals surface area contributed by atoms with Crippen LogP contribution in [-0.4, -0.2) is 21.7 Å². The highest BCUT2D eigenvalue weighted by Gasteiger charge is 2.16. The van der Waals surface area contributed by atoms with Crippen molar-refractivity contribution in [2.75, 3.05) is 5.32 Å². The molecule has 1 aromatic heterocycles. The molecule has 0 aromatic carbocycles. The van der Waals surface area contributed by atoms with Crippen LogP contribution in [0.3, 0.4) is 0 Å².